The Hall–Kier alpha value is -3.40. The number of amides is 2. The van der Waals surface area contributed by atoms with Gasteiger partial charge in [-0.2, -0.15) is 0 Å². The molecule has 0 aliphatic carbocycles. The van der Waals surface area contributed by atoms with E-state index in [0.29, 0.717) is 4.70 Å². The van der Waals surface area contributed by atoms with Crippen LogP contribution >= 0.6 is 11.3 Å². The number of nitrogens with one attached hydrogen (secondary N) is 2. The van der Waals surface area contributed by atoms with Crippen LogP contribution in [-0.2, 0) is 14.3 Å². The van der Waals surface area contributed by atoms with Crippen LogP contribution in [0, 0.1) is 17.5 Å². The second kappa shape index (κ2) is 8.74. The summed E-state index contributed by atoms with van der Waals surface area (Å²) in [6.45, 7) is -1.11. The Bertz CT molecular complexity index is 1100. The van der Waals surface area contributed by atoms with Crippen LogP contribution in [0.5, 0.6) is 0 Å². The van der Waals surface area contributed by atoms with Gasteiger partial charge in [0.1, 0.15) is 10.7 Å². The van der Waals surface area contributed by atoms with Gasteiger partial charge in [0.2, 0.25) is 5.91 Å². The quantitative estimate of drug-likeness (QED) is 0.598. The molecule has 0 saturated heterocycles. The molecule has 0 radical (unpaired) electrons. The summed E-state index contributed by atoms with van der Waals surface area (Å²) in [6.07, 6.45) is 0. The normalized spacial score (nSPS) is 10.6. The Morgan fingerprint density at radius 2 is 1.72 bits per heavy atom. The first kappa shape index (κ1) is 20.3. The maximum atomic E-state index is 13.7. The number of carbonyl (C=O) groups excluding carboxylic acids is 3. The van der Waals surface area contributed by atoms with Crippen LogP contribution in [0.3, 0.4) is 0 Å². The fourth-order valence-corrected chi connectivity index (χ4v) is 3.31. The summed E-state index contributed by atoms with van der Waals surface area (Å²) in [5, 5.41) is 4.77. The summed E-state index contributed by atoms with van der Waals surface area (Å²) >= 11 is 1.03. The van der Waals surface area contributed by atoms with Crippen molar-refractivity contribution in [2.75, 3.05) is 18.5 Å². The number of hydrogen-bond acceptors (Lipinski definition) is 5. The summed E-state index contributed by atoms with van der Waals surface area (Å²) < 4.78 is 45.0. The molecular weight excluding hydrogens is 409 g/mol. The van der Waals surface area contributed by atoms with Crippen LogP contribution in [0.15, 0.2) is 42.5 Å². The zero-order valence-electron chi connectivity index (χ0n) is 14.6. The number of halogens is 3. The molecule has 0 atom stereocenters. The molecule has 2 amide bonds. The van der Waals surface area contributed by atoms with Crippen LogP contribution in [0.4, 0.5) is 18.9 Å². The van der Waals surface area contributed by atoms with Crippen molar-refractivity contribution in [3.63, 3.8) is 0 Å². The van der Waals surface area contributed by atoms with Gasteiger partial charge in [0, 0.05) is 21.8 Å². The van der Waals surface area contributed by atoms with Crippen molar-refractivity contribution in [2.45, 2.75) is 0 Å². The number of ether oxygens (including phenoxy) is 1. The van der Waals surface area contributed by atoms with Gasteiger partial charge < -0.3 is 15.4 Å². The fraction of sp³-hybridized carbons (Fsp3) is 0.105. The van der Waals surface area contributed by atoms with Crippen LogP contribution < -0.4 is 10.6 Å². The highest BCUT2D eigenvalue weighted by Crippen LogP contribution is 2.28. The van der Waals surface area contributed by atoms with E-state index in [1.165, 1.54) is 18.2 Å². The van der Waals surface area contributed by atoms with Crippen LogP contribution in [-0.4, -0.2) is 30.9 Å². The number of esters is 1. The van der Waals surface area contributed by atoms with Gasteiger partial charge in [-0.25, -0.2) is 18.0 Å². The minimum atomic E-state index is -1.13. The Morgan fingerprint density at radius 1 is 0.931 bits per heavy atom. The first-order chi connectivity index (χ1) is 13.8. The number of hydrogen-bond donors (Lipinski definition) is 2. The van der Waals surface area contributed by atoms with E-state index >= 15 is 0 Å². The zero-order valence-corrected chi connectivity index (χ0v) is 15.4. The van der Waals surface area contributed by atoms with E-state index in [2.05, 4.69) is 10.6 Å². The van der Waals surface area contributed by atoms with Gasteiger partial charge in [-0.15, -0.1) is 11.3 Å². The SMILES string of the molecule is O=C(COC(=O)c1cc2c(F)cccc2s1)NCC(=O)Nc1ccc(F)c(F)c1. The number of anilines is 1. The van der Waals surface area contributed by atoms with Crippen molar-refractivity contribution in [2.24, 2.45) is 0 Å². The van der Waals surface area contributed by atoms with Crippen LogP contribution in [0.2, 0.25) is 0 Å². The van der Waals surface area contributed by atoms with E-state index in [1.54, 1.807) is 6.07 Å². The summed E-state index contributed by atoms with van der Waals surface area (Å²) in [4.78, 5) is 35.6. The molecule has 1 heterocycles. The predicted octanol–water partition coefficient (Wildman–Crippen LogP) is 3.23. The molecule has 0 unspecified atom stereocenters. The lowest BCUT2D eigenvalue weighted by atomic mass is 10.2. The van der Waals surface area contributed by atoms with E-state index in [-0.39, 0.29) is 16.0 Å². The molecule has 0 aliphatic rings. The molecule has 6 nitrogen and oxygen atoms in total. The third-order valence-corrected chi connectivity index (χ3v) is 4.77. The van der Waals surface area contributed by atoms with Gasteiger partial charge in [-0.05, 0) is 30.3 Å². The van der Waals surface area contributed by atoms with Crippen molar-refractivity contribution in [3.8, 4) is 0 Å². The maximum Gasteiger partial charge on any atom is 0.348 e. The number of rotatable bonds is 6. The average molecular weight is 422 g/mol. The fourth-order valence-electron chi connectivity index (χ4n) is 2.34. The minimum Gasteiger partial charge on any atom is -0.451 e. The first-order valence-corrected chi connectivity index (χ1v) is 9.02. The molecule has 0 aliphatic heterocycles. The van der Waals surface area contributed by atoms with Crippen molar-refractivity contribution in [3.05, 3.63) is 64.8 Å². The lowest BCUT2D eigenvalue weighted by molar-refractivity contribution is -0.126. The molecular formula is C19H13F3N2O4S. The Balaban J connectivity index is 1.46. The molecule has 2 N–H and O–H groups in total. The third kappa shape index (κ3) is 5.11. The molecule has 0 fully saturated rings. The Labute approximate surface area is 166 Å². The molecule has 150 valence electrons. The number of carbonyl (C=O) groups is 3. The van der Waals surface area contributed by atoms with E-state index in [0.717, 1.165) is 29.5 Å². The van der Waals surface area contributed by atoms with Crippen molar-refractivity contribution >= 4 is 44.9 Å². The molecule has 0 spiro atoms. The number of benzene rings is 2. The van der Waals surface area contributed by atoms with Gasteiger partial charge in [0.25, 0.3) is 5.91 Å². The monoisotopic (exact) mass is 422 g/mol. The molecule has 29 heavy (non-hydrogen) atoms. The summed E-state index contributed by atoms with van der Waals surface area (Å²) in [5.41, 5.74) is 0.0200. The van der Waals surface area contributed by atoms with E-state index in [1.807, 2.05) is 0 Å². The average Bonchev–Trinajstić information content (AvgIpc) is 3.13. The Morgan fingerprint density at radius 3 is 2.45 bits per heavy atom. The summed E-state index contributed by atoms with van der Waals surface area (Å²) in [6, 6.07) is 8.58. The highest BCUT2D eigenvalue weighted by molar-refractivity contribution is 7.20. The third-order valence-electron chi connectivity index (χ3n) is 3.69. The molecule has 3 aromatic rings. The molecule has 2 aromatic carbocycles. The largest absolute Gasteiger partial charge is 0.451 e. The van der Waals surface area contributed by atoms with Crippen molar-refractivity contribution in [1.82, 2.24) is 5.32 Å². The maximum absolute atomic E-state index is 13.7. The summed E-state index contributed by atoms with van der Waals surface area (Å²) in [7, 11) is 0. The minimum absolute atomic E-state index is 0.0200. The zero-order chi connectivity index (χ0) is 21.0. The van der Waals surface area contributed by atoms with Crippen LogP contribution in [0.25, 0.3) is 10.1 Å². The highest BCUT2D eigenvalue weighted by atomic mass is 32.1. The molecule has 10 heteroatoms. The lowest BCUT2D eigenvalue weighted by Gasteiger charge is -2.07. The Kier molecular flexibility index (Phi) is 6.13. The van der Waals surface area contributed by atoms with Gasteiger partial charge in [-0.3, -0.25) is 9.59 Å². The van der Waals surface area contributed by atoms with E-state index in [4.69, 9.17) is 4.74 Å². The van der Waals surface area contributed by atoms with Gasteiger partial charge in [-0.1, -0.05) is 6.07 Å². The highest BCUT2D eigenvalue weighted by Gasteiger charge is 2.15. The van der Waals surface area contributed by atoms with Gasteiger partial charge in [0.15, 0.2) is 18.2 Å². The van der Waals surface area contributed by atoms with E-state index < -0.39 is 48.4 Å². The first-order valence-electron chi connectivity index (χ1n) is 8.20. The molecule has 0 bridgehead atoms. The standard InChI is InChI=1S/C19H13F3N2O4S/c20-12-2-1-3-15-11(12)7-16(29-15)19(27)28-9-18(26)23-8-17(25)24-10-4-5-13(21)14(22)6-10/h1-7H,8-9H2,(H,23,26)(H,24,25). The smallest absolute Gasteiger partial charge is 0.348 e. The lowest BCUT2D eigenvalue weighted by Crippen LogP contribution is -2.35. The van der Waals surface area contributed by atoms with Gasteiger partial charge >= 0.3 is 5.97 Å². The molecule has 1 aromatic heterocycles. The number of fused-ring (bicyclic) bond motifs is 1. The van der Waals surface area contributed by atoms with Crippen LogP contribution in [0.1, 0.15) is 9.67 Å². The summed E-state index contributed by atoms with van der Waals surface area (Å²) in [5.74, 6) is -4.88. The second-order valence-corrected chi connectivity index (χ2v) is 6.88. The topological polar surface area (TPSA) is 84.5 Å². The molecule has 3 rings (SSSR count). The number of thiophene rings is 1. The molecule has 0 saturated carbocycles. The van der Waals surface area contributed by atoms with Gasteiger partial charge in [0.05, 0.1) is 6.54 Å². The van der Waals surface area contributed by atoms with Crippen molar-refractivity contribution in [1.29, 1.82) is 0 Å². The van der Waals surface area contributed by atoms with E-state index in [9.17, 15) is 27.6 Å². The second-order valence-electron chi connectivity index (χ2n) is 5.79. The van der Waals surface area contributed by atoms with Crippen molar-refractivity contribution < 1.29 is 32.3 Å². The predicted molar refractivity (Wildman–Crippen MR) is 100 cm³/mol.